The fourth-order valence-corrected chi connectivity index (χ4v) is 15.8. The second-order valence-corrected chi connectivity index (χ2v) is 25.4. The Hall–Kier alpha value is 0.430. The number of hydrogen-bond donors (Lipinski definition) is 0. The molecule has 0 aromatic rings. The Morgan fingerprint density at radius 1 is 0.138 bits per heavy atom. The summed E-state index contributed by atoms with van der Waals surface area (Å²) in [6.45, 7) is 9.35. The molecule has 0 radical (unpaired) electrons. The van der Waals surface area contributed by atoms with E-state index in [1.807, 2.05) is 0 Å². The van der Waals surface area contributed by atoms with Gasteiger partial charge in [0.1, 0.15) is 0 Å². The zero-order valence-electron chi connectivity index (χ0n) is 42.0. The van der Waals surface area contributed by atoms with Crippen molar-refractivity contribution < 1.29 is 0 Å². The molecule has 0 saturated carbocycles. The van der Waals surface area contributed by atoms with Crippen LogP contribution in [-0.2, 0) is 0 Å². The van der Waals surface area contributed by atoms with Gasteiger partial charge in [0.25, 0.3) is 0 Å². The minimum absolute atomic E-state index is 1.19. The van der Waals surface area contributed by atoms with E-state index in [9.17, 15) is 0 Å². The summed E-state index contributed by atoms with van der Waals surface area (Å²) in [4.78, 5) is 0. The van der Waals surface area contributed by atoms with Crippen molar-refractivity contribution in [2.24, 2.45) is 0 Å². The van der Waals surface area contributed by atoms with Crippen LogP contribution in [0.15, 0.2) is 0 Å². The van der Waals surface area contributed by atoms with Gasteiger partial charge in [-0.1, -0.05) is 59.8 Å². The van der Waals surface area contributed by atoms with Gasteiger partial charge in [0.2, 0.25) is 0 Å². The van der Waals surface area contributed by atoms with Crippen molar-refractivity contribution in [3.8, 4) is 0 Å². The third-order valence-electron chi connectivity index (χ3n) is 14.5. The Kier molecular flexibility index (Phi) is 52.2. The van der Waals surface area contributed by atoms with Crippen molar-refractivity contribution in [2.75, 3.05) is 24.6 Å². The fraction of sp³-hybridized carbons (Fsp3) is 1.00. The van der Waals surface area contributed by atoms with Crippen LogP contribution in [0, 0.1) is 0 Å². The zero-order valence-corrected chi connectivity index (χ0v) is 43.0. The van der Waals surface area contributed by atoms with Gasteiger partial charge in [0.15, 0.2) is 0 Å². The topological polar surface area (TPSA) is 0 Å². The van der Waals surface area contributed by atoms with Gasteiger partial charge in [-0.2, -0.15) is 0 Å². The first kappa shape index (κ1) is 58.4. The second kappa shape index (κ2) is 51.8. The van der Waals surface area contributed by atoms with Crippen LogP contribution in [0.2, 0.25) is 0 Å². The number of rotatable bonds is 53. The molecule has 0 atom stereocenters. The van der Waals surface area contributed by atoms with Gasteiger partial charge in [-0.25, -0.2) is 0 Å². The van der Waals surface area contributed by atoms with E-state index in [2.05, 4.69) is 27.7 Å². The Labute approximate surface area is 372 Å². The summed E-state index contributed by atoms with van der Waals surface area (Å²) in [5.41, 5.74) is 0. The van der Waals surface area contributed by atoms with Crippen molar-refractivity contribution in [1.29, 1.82) is 0 Å². The minimum Gasteiger partial charge on any atom is -0.0654 e. The Bertz CT molecular complexity index is 630. The molecule has 0 fully saturated rings. The maximum atomic E-state index is 2.34. The maximum absolute atomic E-state index is 2.34. The summed E-state index contributed by atoms with van der Waals surface area (Å²) in [6, 6.07) is 0. The predicted molar refractivity (Wildman–Crippen MR) is 277 cm³/mol. The minimum atomic E-state index is -1.19. The van der Waals surface area contributed by atoms with Crippen LogP contribution in [0.4, 0.5) is 0 Å². The molecule has 0 aliphatic heterocycles. The molecule has 0 aliphatic rings. The summed E-state index contributed by atoms with van der Waals surface area (Å²) in [7, 11) is -1.19. The first-order valence-corrected chi connectivity index (χ1v) is 31.6. The molecule has 0 amide bonds. The van der Waals surface area contributed by atoms with E-state index in [0.717, 1.165) is 0 Å². The third-order valence-corrected chi connectivity index (χ3v) is 20.1. The average Bonchev–Trinajstić information content (AvgIpc) is 3.23. The van der Waals surface area contributed by atoms with E-state index in [1.165, 1.54) is 263 Å². The van der Waals surface area contributed by atoms with Gasteiger partial charge < -0.3 is 0 Å². The molecule has 0 aliphatic carbocycles. The van der Waals surface area contributed by atoms with E-state index < -0.39 is 7.26 Å². The van der Waals surface area contributed by atoms with Gasteiger partial charge >= 0.3 is 314 Å². The molecule has 0 N–H and O–H groups in total. The molecule has 0 nitrogen and oxygen atoms in total. The van der Waals surface area contributed by atoms with Crippen molar-refractivity contribution >= 4 is 7.26 Å². The van der Waals surface area contributed by atoms with E-state index in [4.69, 9.17) is 0 Å². The molecule has 0 spiro atoms. The van der Waals surface area contributed by atoms with Gasteiger partial charge in [-0.05, 0) is 0 Å². The monoisotopic (exact) mass is 835 g/mol. The fourth-order valence-electron chi connectivity index (χ4n) is 10.3. The predicted octanol–water partition coefficient (Wildman–Crippen LogP) is 21.9. The van der Waals surface area contributed by atoms with Crippen LogP contribution < -0.4 is 0 Å². The summed E-state index contributed by atoms with van der Waals surface area (Å²) in [5.74, 6) is 0. The molecule has 0 unspecified atom stereocenters. The molecule has 0 bridgehead atoms. The summed E-state index contributed by atoms with van der Waals surface area (Å²) in [5, 5.41) is 0. The van der Waals surface area contributed by atoms with E-state index in [1.54, 1.807) is 76.0 Å². The van der Waals surface area contributed by atoms with Gasteiger partial charge in [0, 0.05) is 0 Å². The molecule has 58 heavy (non-hydrogen) atoms. The molecule has 352 valence electrons. The molecule has 0 aromatic carbocycles. The number of unbranched alkanes of at least 4 members (excludes halogenated alkanes) is 45. The van der Waals surface area contributed by atoms with E-state index in [0.29, 0.717) is 0 Å². The Balaban J connectivity index is 4.91. The first-order valence-electron chi connectivity index (χ1n) is 28.7. The first-order chi connectivity index (χ1) is 28.7. The second-order valence-electron chi connectivity index (χ2n) is 20.4. The third kappa shape index (κ3) is 45.9. The smallest absolute Gasteiger partial charge is 0.0654 e. The summed E-state index contributed by atoms with van der Waals surface area (Å²) >= 11 is 0. The average molecular weight is 836 g/mol. The molecular formula is C57H119P. The Morgan fingerprint density at radius 3 is 0.362 bits per heavy atom. The molecule has 0 aromatic heterocycles. The van der Waals surface area contributed by atoms with Crippen molar-refractivity contribution in [3.05, 3.63) is 0 Å². The van der Waals surface area contributed by atoms with Gasteiger partial charge in [-0.15, -0.1) is 0 Å². The van der Waals surface area contributed by atoms with Crippen LogP contribution >= 0.6 is 7.26 Å². The summed E-state index contributed by atoms with van der Waals surface area (Å²) < 4.78 is 0. The number of hydrogen-bond acceptors (Lipinski definition) is 0. The van der Waals surface area contributed by atoms with Crippen LogP contribution in [0.1, 0.15) is 342 Å². The van der Waals surface area contributed by atoms with Crippen LogP contribution in [0.5, 0.6) is 0 Å². The molecule has 0 heterocycles. The van der Waals surface area contributed by atoms with Crippen molar-refractivity contribution in [1.82, 2.24) is 0 Å². The molecule has 0 saturated heterocycles. The van der Waals surface area contributed by atoms with Crippen molar-refractivity contribution in [2.45, 2.75) is 342 Å². The van der Waals surface area contributed by atoms with Crippen molar-refractivity contribution in [3.63, 3.8) is 0 Å². The van der Waals surface area contributed by atoms with E-state index >= 15 is 0 Å². The standard InChI is InChI=1S/C57H119P/c1-5-9-13-17-21-25-29-33-37-41-45-49-53-57-58(54-50-46-42-38-34-30-26-22-18-14-10-6-2,55-51-47-43-39-35-31-27-23-19-15-11-7-3)56-52-48-44-40-36-32-28-24-20-16-12-8-4/h58H,5-57H2,1-4H3. The Morgan fingerprint density at radius 2 is 0.241 bits per heavy atom. The molecular weight excluding hydrogens is 716 g/mol. The van der Waals surface area contributed by atoms with Gasteiger partial charge in [0.05, 0.1) is 0 Å². The van der Waals surface area contributed by atoms with Gasteiger partial charge in [-0.3, -0.25) is 0 Å². The zero-order chi connectivity index (χ0) is 42.0. The summed E-state index contributed by atoms with van der Waals surface area (Å²) in [6.07, 6.45) is 80.0. The van der Waals surface area contributed by atoms with Crippen LogP contribution in [-0.4, -0.2) is 24.6 Å². The molecule has 0 rings (SSSR count). The quantitative estimate of drug-likeness (QED) is 0.0423. The molecule has 1 heteroatoms. The van der Waals surface area contributed by atoms with Crippen LogP contribution in [0.25, 0.3) is 0 Å². The van der Waals surface area contributed by atoms with E-state index in [-0.39, 0.29) is 0 Å². The SMILES string of the molecule is CCCCCCCCCCCCCCC[PH](CCCCCCCCCCCCCC)(CCCCCCCCCCCCCC)CCCCCCCCCCCCCC. The normalized spacial score (nSPS) is 12.3. The van der Waals surface area contributed by atoms with Crippen LogP contribution in [0.3, 0.4) is 0 Å².